The zero-order chi connectivity index (χ0) is 16.7. The Morgan fingerprint density at radius 3 is 2.17 bits per heavy atom. The van der Waals surface area contributed by atoms with Gasteiger partial charge in [0.1, 0.15) is 5.75 Å². The quantitative estimate of drug-likeness (QED) is 0.658. The Morgan fingerprint density at radius 2 is 1.57 bits per heavy atom. The van der Waals surface area contributed by atoms with Crippen LogP contribution in [0.15, 0.2) is 47.5 Å². The molecule has 0 spiro atoms. The van der Waals surface area contributed by atoms with Gasteiger partial charge in [-0.15, -0.1) is 0 Å². The van der Waals surface area contributed by atoms with Crippen LogP contribution in [0, 0.1) is 13.8 Å². The van der Waals surface area contributed by atoms with E-state index in [1.807, 2.05) is 12.1 Å². The minimum atomic E-state index is 0.700. The summed E-state index contributed by atoms with van der Waals surface area (Å²) in [6.45, 7) is 5.60. The zero-order valence-corrected chi connectivity index (χ0v) is 14.3. The largest absolute Gasteiger partial charge is 0.497 e. The van der Waals surface area contributed by atoms with Crippen molar-refractivity contribution in [2.24, 2.45) is 4.99 Å². The van der Waals surface area contributed by atoms with Gasteiger partial charge in [0.25, 0.3) is 0 Å². The van der Waals surface area contributed by atoms with Crippen LogP contribution >= 0.6 is 0 Å². The highest BCUT2D eigenvalue weighted by Gasteiger charge is 2.02. The van der Waals surface area contributed by atoms with Gasteiger partial charge >= 0.3 is 0 Å². The highest BCUT2D eigenvalue weighted by Crippen LogP contribution is 2.16. The molecule has 2 N–H and O–H groups in total. The number of nitrogens with zero attached hydrogens (tertiary/aromatic N) is 1. The van der Waals surface area contributed by atoms with Gasteiger partial charge in [-0.05, 0) is 42.7 Å². The maximum atomic E-state index is 5.31. The Morgan fingerprint density at radius 1 is 0.913 bits per heavy atom. The van der Waals surface area contributed by atoms with Gasteiger partial charge in [0.15, 0.2) is 5.96 Å². The van der Waals surface area contributed by atoms with Gasteiger partial charge in [-0.2, -0.15) is 0 Å². The number of ether oxygens (including phenoxy) is 1. The van der Waals surface area contributed by atoms with Crippen LogP contribution in [-0.2, 0) is 13.1 Å². The Kier molecular flexibility index (Phi) is 6.03. The summed E-state index contributed by atoms with van der Waals surface area (Å²) in [5.74, 6) is 1.66. The van der Waals surface area contributed by atoms with Crippen molar-refractivity contribution in [2.45, 2.75) is 26.9 Å². The lowest BCUT2D eigenvalue weighted by atomic mass is 10.1. The molecule has 4 heteroatoms. The Labute approximate surface area is 138 Å². The molecule has 0 aromatic heterocycles. The van der Waals surface area contributed by atoms with Crippen molar-refractivity contribution in [3.63, 3.8) is 0 Å². The molecule has 4 nitrogen and oxygen atoms in total. The number of aliphatic imine (C=N–C) groups is 1. The Balaban J connectivity index is 1.90. The number of rotatable bonds is 5. The molecule has 2 rings (SSSR count). The van der Waals surface area contributed by atoms with E-state index in [2.05, 4.69) is 59.8 Å². The standard InChI is InChI=1S/C19H25N3O/c1-14-5-7-16(8-6-14)12-21-19(20-3)22-13-17-9-15(2)10-18(11-17)23-4/h5-11H,12-13H2,1-4H3,(H2,20,21,22). The van der Waals surface area contributed by atoms with E-state index in [9.17, 15) is 0 Å². The first-order chi connectivity index (χ1) is 11.1. The molecular formula is C19H25N3O. The van der Waals surface area contributed by atoms with Crippen molar-refractivity contribution in [2.75, 3.05) is 14.2 Å². The van der Waals surface area contributed by atoms with E-state index in [4.69, 9.17) is 4.74 Å². The van der Waals surface area contributed by atoms with Crippen LogP contribution in [0.25, 0.3) is 0 Å². The van der Waals surface area contributed by atoms with Crippen LogP contribution in [0.5, 0.6) is 5.75 Å². The van der Waals surface area contributed by atoms with Crippen molar-refractivity contribution in [1.29, 1.82) is 0 Å². The summed E-state index contributed by atoms with van der Waals surface area (Å²) >= 11 is 0. The average Bonchev–Trinajstić information content (AvgIpc) is 2.56. The predicted molar refractivity (Wildman–Crippen MR) is 95.9 cm³/mol. The molecule has 0 aliphatic rings. The summed E-state index contributed by atoms with van der Waals surface area (Å²) in [6, 6.07) is 14.7. The Bertz CT molecular complexity index is 663. The highest BCUT2D eigenvalue weighted by molar-refractivity contribution is 5.79. The van der Waals surface area contributed by atoms with E-state index in [-0.39, 0.29) is 0 Å². The first-order valence-corrected chi connectivity index (χ1v) is 7.75. The van der Waals surface area contributed by atoms with Crippen molar-refractivity contribution in [3.05, 3.63) is 64.7 Å². The normalized spacial score (nSPS) is 11.2. The number of methoxy groups -OCH3 is 1. The van der Waals surface area contributed by atoms with Crippen molar-refractivity contribution >= 4 is 5.96 Å². The molecule has 0 unspecified atom stereocenters. The molecule has 0 saturated heterocycles. The zero-order valence-electron chi connectivity index (χ0n) is 14.3. The second-order valence-electron chi connectivity index (χ2n) is 5.62. The average molecular weight is 311 g/mol. The smallest absolute Gasteiger partial charge is 0.191 e. The van der Waals surface area contributed by atoms with E-state index in [0.717, 1.165) is 18.3 Å². The molecule has 0 aliphatic heterocycles. The molecule has 0 atom stereocenters. The molecule has 0 amide bonds. The molecule has 0 heterocycles. The van der Waals surface area contributed by atoms with Crippen LogP contribution in [0.4, 0.5) is 0 Å². The fourth-order valence-electron chi connectivity index (χ4n) is 2.34. The van der Waals surface area contributed by atoms with E-state index < -0.39 is 0 Å². The molecule has 0 aliphatic carbocycles. The molecule has 0 radical (unpaired) electrons. The molecule has 0 fully saturated rings. The van der Waals surface area contributed by atoms with Gasteiger partial charge in [0, 0.05) is 20.1 Å². The van der Waals surface area contributed by atoms with Crippen LogP contribution in [-0.4, -0.2) is 20.1 Å². The number of guanidine groups is 1. The molecular weight excluding hydrogens is 286 g/mol. The third-order valence-corrected chi connectivity index (χ3v) is 3.61. The number of hydrogen-bond donors (Lipinski definition) is 2. The van der Waals surface area contributed by atoms with Gasteiger partial charge < -0.3 is 15.4 Å². The summed E-state index contributed by atoms with van der Waals surface area (Å²) in [7, 11) is 3.47. The summed E-state index contributed by atoms with van der Waals surface area (Å²) in [5, 5.41) is 6.66. The second kappa shape index (κ2) is 8.22. The maximum Gasteiger partial charge on any atom is 0.191 e. The first kappa shape index (κ1) is 16.9. The lowest BCUT2D eigenvalue weighted by molar-refractivity contribution is 0.414. The van der Waals surface area contributed by atoms with Crippen LogP contribution < -0.4 is 15.4 Å². The number of aryl methyl sites for hydroxylation is 2. The van der Waals surface area contributed by atoms with E-state index in [1.165, 1.54) is 22.3 Å². The van der Waals surface area contributed by atoms with Gasteiger partial charge in [0.05, 0.1) is 7.11 Å². The number of benzene rings is 2. The molecule has 2 aromatic rings. The first-order valence-electron chi connectivity index (χ1n) is 7.75. The lowest BCUT2D eigenvalue weighted by Gasteiger charge is -2.13. The van der Waals surface area contributed by atoms with Gasteiger partial charge in [-0.3, -0.25) is 4.99 Å². The third kappa shape index (κ3) is 5.33. The second-order valence-corrected chi connectivity index (χ2v) is 5.62. The molecule has 0 bridgehead atoms. The van der Waals surface area contributed by atoms with E-state index in [0.29, 0.717) is 6.54 Å². The minimum absolute atomic E-state index is 0.700. The van der Waals surface area contributed by atoms with Crippen LogP contribution in [0.1, 0.15) is 22.3 Å². The molecule has 0 saturated carbocycles. The van der Waals surface area contributed by atoms with Gasteiger partial charge in [-0.1, -0.05) is 35.9 Å². The van der Waals surface area contributed by atoms with Crippen LogP contribution in [0.3, 0.4) is 0 Å². The van der Waals surface area contributed by atoms with Crippen molar-refractivity contribution in [3.8, 4) is 5.75 Å². The van der Waals surface area contributed by atoms with E-state index >= 15 is 0 Å². The lowest BCUT2D eigenvalue weighted by Crippen LogP contribution is -2.36. The van der Waals surface area contributed by atoms with Crippen molar-refractivity contribution < 1.29 is 4.74 Å². The summed E-state index contributed by atoms with van der Waals surface area (Å²) < 4.78 is 5.31. The van der Waals surface area contributed by atoms with Gasteiger partial charge in [-0.25, -0.2) is 0 Å². The fourth-order valence-corrected chi connectivity index (χ4v) is 2.34. The van der Waals surface area contributed by atoms with Gasteiger partial charge in [0.2, 0.25) is 0 Å². The maximum absolute atomic E-state index is 5.31. The highest BCUT2D eigenvalue weighted by atomic mass is 16.5. The monoisotopic (exact) mass is 311 g/mol. The molecule has 2 aromatic carbocycles. The molecule has 122 valence electrons. The van der Waals surface area contributed by atoms with E-state index in [1.54, 1.807) is 14.2 Å². The number of hydrogen-bond acceptors (Lipinski definition) is 2. The summed E-state index contributed by atoms with van der Waals surface area (Å²) in [5.41, 5.74) is 4.85. The SMILES string of the molecule is CN=C(NCc1ccc(C)cc1)NCc1cc(C)cc(OC)c1. The minimum Gasteiger partial charge on any atom is -0.497 e. The topological polar surface area (TPSA) is 45.7 Å². The Hall–Kier alpha value is -2.49. The summed E-state index contributed by atoms with van der Waals surface area (Å²) in [6.07, 6.45) is 0. The third-order valence-electron chi connectivity index (χ3n) is 3.61. The summed E-state index contributed by atoms with van der Waals surface area (Å²) in [4.78, 5) is 4.26. The van der Waals surface area contributed by atoms with Crippen LogP contribution in [0.2, 0.25) is 0 Å². The fraction of sp³-hybridized carbons (Fsp3) is 0.316. The van der Waals surface area contributed by atoms with Crippen molar-refractivity contribution in [1.82, 2.24) is 10.6 Å². The predicted octanol–water partition coefficient (Wildman–Crippen LogP) is 3.18. The number of nitrogens with one attached hydrogen (secondary N) is 2. The molecule has 23 heavy (non-hydrogen) atoms.